The molecule has 268 valence electrons. The predicted molar refractivity (Wildman–Crippen MR) is 180 cm³/mol. The fraction of sp³-hybridized carbons (Fsp3) is 0.457. The summed E-state index contributed by atoms with van der Waals surface area (Å²) in [7, 11) is 1.54. The molecule has 0 aromatic heterocycles. The van der Waals surface area contributed by atoms with Crippen molar-refractivity contribution in [3.05, 3.63) is 47.5 Å². The average Bonchev–Trinajstić information content (AvgIpc) is 3.56. The molecule has 1 heterocycles. The van der Waals surface area contributed by atoms with Crippen molar-refractivity contribution in [1.82, 2.24) is 15.7 Å². The monoisotopic (exact) mass is 693 g/mol. The molecule has 1 aliphatic heterocycles. The molecule has 0 radical (unpaired) electrons. The van der Waals surface area contributed by atoms with Crippen molar-refractivity contribution in [3.63, 3.8) is 0 Å². The maximum Gasteiger partial charge on any atom is 0.533 e. The Morgan fingerprint density at radius 3 is 1.74 bits per heavy atom. The molecule has 0 saturated carbocycles. The first-order valence-electron chi connectivity index (χ1n) is 16.7. The van der Waals surface area contributed by atoms with Gasteiger partial charge < -0.3 is 30.7 Å². The van der Waals surface area contributed by atoms with Crippen molar-refractivity contribution in [2.75, 3.05) is 44.0 Å². The van der Waals surface area contributed by atoms with Crippen LogP contribution in [0.5, 0.6) is 0 Å². The van der Waals surface area contributed by atoms with Crippen molar-refractivity contribution in [2.24, 2.45) is 0 Å². The third-order valence-electron chi connectivity index (χ3n) is 8.07. The Labute approximate surface area is 289 Å². The smallest absolute Gasteiger partial charge is 0.432 e. The molecule has 2 aromatic carbocycles. The summed E-state index contributed by atoms with van der Waals surface area (Å²) in [6.45, 7) is 3.09. The Bertz CT molecular complexity index is 1590. The van der Waals surface area contributed by atoms with Crippen LogP contribution in [-0.4, -0.2) is 80.1 Å². The van der Waals surface area contributed by atoms with Gasteiger partial charge in [-0.15, -0.1) is 0 Å². The molecule has 4 rings (SSSR count). The fourth-order valence-corrected chi connectivity index (χ4v) is 5.61. The Hall–Kier alpha value is -5.31. The summed E-state index contributed by atoms with van der Waals surface area (Å²) < 4.78 is 10.3. The molecule has 4 N–H and O–H groups in total. The lowest BCUT2D eigenvalue weighted by molar-refractivity contribution is -0.177. The number of nitrogens with zero attached hydrogens (tertiary/aromatic N) is 1. The Balaban J connectivity index is 1.44. The molecule has 2 aromatic rings. The highest BCUT2D eigenvalue weighted by Crippen LogP contribution is 2.47. The predicted octanol–water partition coefficient (Wildman–Crippen LogP) is 3.52. The molecule has 0 spiro atoms. The van der Waals surface area contributed by atoms with E-state index in [0.29, 0.717) is 49.0 Å². The van der Waals surface area contributed by atoms with E-state index >= 15 is 0 Å². The second-order valence-electron chi connectivity index (χ2n) is 11.9. The van der Waals surface area contributed by atoms with E-state index in [1.165, 1.54) is 0 Å². The number of hydrogen-bond donors (Lipinski definition) is 4. The topological polar surface area (TPSA) is 199 Å². The number of nitrogens with one attached hydrogen (secondary N) is 4. The number of ether oxygens (including phenoxy) is 2. The highest BCUT2D eigenvalue weighted by Gasteiger charge is 2.35. The molecule has 15 nitrogen and oxygen atoms in total. The number of imide groups is 1. The van der Waals surface area contributed by atoms with Crippen molar-refractivity contribution in [1.29, 1.82) is 0 Å². The van der Waals surface area contributed by atoms with Crippen LogP contribution in [0.3, 0.4) is 0 Å². The van der Waals surface area contributed by atoms with E-state index in [-0.39, 0.29) is 68.8 Å². The van der Waals surface area contributed by atoms with E-state index < -0.39 is 23.9 Å². The van der Waals surface area contributed by atoms with Gasteiger partial charge in [0.05, 0.1) is 6.61 Å². The van der Waals surface area contributed by atoms with Gasteiger partial charge in [0.25, 0.3) is 11.8 Å². The highest BCUT2D eigenvalue weighted by molar-refractivity contribution is 6.01. The second kappa shape index (κ2) is 18.5. The van der Waals surface area contributed by atoms with Gasteiger partial charge in [0.1, 0.15) is 6.61 Å². The van der Waals surface area contributed by atoms with Crippen LogP contribution >= 0.6 is 0 Å². The van der Waals surface area contributed by atoms with Gasteiger partial charge in [0, 0.05) is 76.0 Å². The van der Waals surface area contributed by atoms with E-state index in [1.807, 2.05) is 19.1 Å². The van der Waals surface area contributed by atoms with Crippen LogP contribution in [0, 0.1) is 0 Å². The number of rotatable bonds is 18. The number of hydrogen-bond acceptors (Lipinski definition) is 10. The molecule has 1 aliphatic carbocycles. The summed E-state index contributed by atoms with van der Waals surface area (Å²) in [6, 6.07) is 10.7. The third-order valence-corrected chi connectivity index (χ3v) is 8.07. The Morgan fingerprint density at radius 1 is 0.740 bits per heavy atom. The molecule has 50 heavy (non-hydrogen) atoms. The number of carbonyl (C=O) groups is 7. The maximum absolute atomic E-state index is 12.7. The van der Waals surface area contributed by atoms with Gasteiger partial charge in [-0.3, -0.25) is 33.6 Å². The molecular weight excluding hydrogens is 650 g/mol. The van der Waals surface area contributed by atoms with E-state index in [2.05, 4.69) is 21.3 Å². The van der Waals surface area contributed by atoms with Gasteiger partial charge in [-0.1, -0.05) is 24.1 Å². The zero-order valence-electron chi connectivity index (χ0n) is 28.3. The molecule has 6 amide bonds. The highest BCUT2D eigenvalue weighted by atomic mass is 16.8. The van der Waals surface area contributed by atoms with Crippen LogP contribution in [0.2, 0.25) is 0 Å². The molecule has 2 aliphatic rings. The normalized spacial score (nSPS) is 14.4. The van der Waals surface area contributed by atoms with Gasteiger partial charge in [-0.05, 0) is 65.8 Å². The minimum Gasteiger partial charge on any atom is -0.432 e. The van der Waals surface area contributed by atoms with Crippen LogP contribution in [-0.2, 0) is 43.1 Å². The van der Waals surface area contributed by atoms with Crippen LogP contribution in [0.15, 0.2) is 36.4 Å². The fourth-order valence-electron chi connectivity index (χ4n) is 5.61. The Kier molecular flexibility index (Phi) is 13.8. The van der Waals surface area contributed by atoms with Crippen molar-refractivity contribution < 1.29 is 47.9 Å². The number of carbonyl (C=O) groups excluding carboxylic acids is 7. The second-order valence-corrected chi connectivity index (χ2v) is 11.9. The summed E-state index contributed by atoms with van der Waals surface area (Å²) in [4.78, 5) is 90.5. The molecular formula is C35H43N5O10. The summed E-state index contributed by atoms with van der Waals surface area (Å²) in [5, 5.41) is 11.6. The SMILES string of the molecule is CCCNC(=O)CCCC(=O)Nc1ccc2c(c1)C(COC(=O)ON1C(=O)CCC1=O)c1cc(NC(=O)CCCC(=O)NCCOC)ccc1-2. The summed E-state index contributed by atoms with van der Waals surface area (Å²) >= 11 is 0. The summed E-state index contributed by atoms with van der Waals surface area (Å²) in [5.41, 5.74) is 4.06. The standard InChI is InChI=1S/C35H43N5O10/c1-3-16-36-29(41)6-4-8-31(43)38-22-10-12-24-25-13-11-23(39-32(44)9-5-7-30(42)37-17-18-48-2)20-27(25)28(26(24)19-22)21-49-35(47)50-40-33(45)14-15-34(40)46/h10-13,19-20,28H,3-9,14-18,21H2,1-2H3,(H,36,41)(H,37,42)(H,38,43)(H,39,44). The quantitative estimate of drug-likeness (QED) is 0.102. The minimum absolute atomic E-state index is 0.0634. The largest absolute Gasteiger partial charge is 0.533 e. The lowest BCUT2D eigenvalue weighted by Gasteiger charge is -2.17. The zero-order valence-corrected chi connectivity index (χ0v) is 28.3. The number of fused-ring (bicyclic) bond motifs is 3. The van der Waals surface area contributed by atoms with Gasteiger partial charge in [0.15, 0.2) is 0 Å². The van der Waals surface area contributed by atoms with Crippen molar-refractivity contribution >= 4 is 53.0 Å². The van der Waals surface area contributed by atoms with Gasteiger partial charge in [-0.25, -0.2) is 4.79 Å². The molecule has 1 fully saturated rings. The van der Waals surface area contributed by atoms with Crippen LogP contribution in [0.1, 0.15) is 81.8 Å². The lowest BCUT2D eigenvalue weighted by atomic mass is 9.97. The molecule has 0 bridgehead atoms. The van der Waals surface area contributed by atoms with Gasteiger partial charge in [0.2, 0.25) is 23.6 Å². The summed E-state index contributed by atoms with van der Waals surface area (Å²) in [5.74, 6) is -2.67. The summed E-state index contributed by atoms with van der Waals surface area (Å²) in [6.07, 6.45) is 0.890. The third kappa shape index (κ3) is 10.6. The first-order chi connectivity index (χ1) is 24.1. The first kappa shape index (κ1) is 37.5. The maximum atomic E-state index is 12.7. The minimum atomic E-state index is -1.23. The lowest BCUT2D eigenvalue weighted by Crippen LogP contribution is -2.32. The van der Waals surface area contributed by atoms with E-state index in [1.54, 1.807) is 31.4 Å². The number of benzene rings is 2. The van der Waals surface area contributed by atoms with Crippen molar-refractivity contribution in [3.8, 4) is 11.1 Å². The first-order valence-corrected chi connectivity index (χ1v) is 16.7. The van der Waals surface area contributed by atoms with E-state index in [4.69, 9.17) is 14.3 Å². The van der Waals surface area contributed by atoms with Gasteiger partial charge in [-0.2, -0.15) is 0 Å². The van der Waals surface area contributed by atoms with E-state index in [0.717, 1.165) is 28.7 Å². The van der Waals surface area contributed by atoms with Crippen LogP contribution < -0.4 is 21.3 Å². The zero-order chi connectivity index (χ0) is 36.0. The molecule has 1 saturated heterocycles. The molecule has 1 unspecified atom stereocenters. The molecule has 15 heteroatoms. The van der Waals surface area contributed by atoms with Crippen LogP contribution in [0.25, 0.3) is 11.1 Å². The Morgan fingerprint density at radius 2 is 1.24 bits per heavy atom. The number of methoxy groups -OCH3 is 1. The number of hydroxylamine groups is 2. The van der Waals surface area contributed by atoms with Gasteiger partial charge >= 0.3 is 6.16 Å². The average molecular weight is 694 g/mol. The van der Waals surface area contributed by atoms with E-state index in [9.17, 15) is 33.6 Å². The molecule has 1 atom stereocenters. The number of amides is 6. The van der Waals surface area contributed by atoms with Crippen molar-refractivity contribution in [2.45, 2.75) is 70.6 Å². The van der Waals surface area contributed by atoms with Crippen LogP contribution in [0.4, 0.5) is 16.2 Å². The number of anilines is 2.